The van der Waals surface area contributed by atoms with Crippen molar-refractivity contribution in [2.45, 2.75) is 19.8 Å². The van der Waals surface area contributed by atoms with E-state index in [1.54, 1.807) is 13.0 Å². The minimum Gasteiger partial charge on any atom is -0.310 e. The molecule has 0 saturated carbocycles. The predicted molar refractivity (Wildman–Crippen MR) is 61.5 cm³/mol. The molecule has 1 rings (SSSR count). The smallest absolute Gasteiger partial charge is 0.310 e. The molecule has 0 bridgehead atoms. The van der Waals surface area contributed by atoms with Gasteiger partial charge < -0.3 is 5.32 Å². The van der Waals surface area contributed by atoms with Gasteiger partial charge >= 0.3 is 6.36 Å². The highest BCUT2D eigenvalue weighted by Crippen LogP contribution is 2.20. The molecule has 0 aliphatic rings. The second-order valence-electron chi connectivity index (χ2n) is 3.79. The molecule has 0 radical (unpaired) electrons. The van der Waals surface area contributed by atoms with Gasteiger partial charge in [-0.15, -0.1) is 13.2 Å². The molecule has 0 fully saturated rings. The van der Waals surface area contributed by atoms with Crippen LogP contribution in [-0.2, 0) is 11.3 Å². The third kappa shape index (κ3) is 5.23. The normalized spacial score (nSPS) is 11.6. The number of halogens is 3. The maximum atomic E-state index is 11.7. The van der Waals surface area contributed by atoms with Crippen LogP contribution in [0.5, 0.6) is 0 Å². The second kappa shape index (κ2) is 6.48. The van der Waals surface area contributed by atoms with E-state index in [1.165, 1.54) is 12.1 Å². The average Bonchev–Trinajstić information content (AvgIpc) is 2.28. The number of ether oxygens (including phenoxy) is 1. The summed E-state index contributed by atoms with van der Waals surface area (Å²) in [5, 5.41) is 13.4. The molecule has 0 aliphatic carbocycles. The van der Waals surface area contributed by atoms with Gasteiger partial charge in [-0.05, 0) is 12.5 Å². The Morgan fingerprint density at radius 2 is 2.11 bits per heavy atom. The topological polar surface area (TPSA) is 64.4 Å². The lowest BCUT2D eigenvalue weighted by Gasteiger charge is -2.09. The van der Waals surface area contributed by atoms with Crippen LogP contribution in [0.3, 0.4) is 0 Å². The third-order valence-corrected chi connectivity index (χ3v) is 2.47. The van der Waals surface area contributed by atoms with Gasteiger partial charge in [-0.1, -0.05) is 12.1 Å². The second-order valence-corrected chi connectivity index (χ2v) is 3.79. The van der Waals surface area contributed by atoms with Crippen LogP contribution in [-0.4, -0.2) is 24.4 Å². The average molecular weight is 278 g/mol. The van der Waals surface area contributed by atoms with Crippen molar-refractivity contribution in [1.29, 1.82) is 0 Å². The first-order valence-corrected chi connectivity index (χ1v) is 5.45. The maximum Gasteiger partial charge on any atom is 0.522 e. The fourth-order valence-electron chi connectivity index (χ4n) is 1.52. The van der Waals surface area contributed by atoms with E-state index in [0.29, 0.717) is 11.1 Å². The lowest BCUT2D eigenvalue weighted by Crippen LogP contribution is -2.24. The Morgan fingerprint density at radius 1 is 1.42 bits per heavy atom. The highest BCUT2D eigenvalue weighted by molar-refractivity contribution is 5.44. The van der Waals surface area contributed by atoms with Crippen molar-refractivity contribution in [3.8, 4) is 0 Å². The van der Waals surface area contributed by atoms with Crippen molar-refractivity contribution in [3.63, 3.8) is 0 Å². The lowest BCUT2D eigenvalue weighted by atomic mass is 10.1. The summed E-state index contributed by atoms with van der Waals surface area (Å²) < 4.78 is 38.6. The van der Waals surface area contributed by atoms with E-state index in [9.17, 15) is 23.3 Å². The SMILES string of the molecule is Cc1c(CNCCOC(F)(F)F)cccc1[N+](=O)[O-]. The first-order valence-electron chi connectivity index (χ1n) is 5.45. The van der Waals surface area contributed by atoms with Gasteiger partial charge in [0.05, 0.1) is 11.5 Å². The van der Waals surface area contributed by atoms with Crippen LogP contribution in [0, 0.1) is 17.0 Å². The monoisotopic (exact) mass is 278 g/mol. The number of rotatable bonds is 6. The Hall–Kier alpha value is -1.67. The fourth-order valence-corrected chi connectivity index (χ4v) is 1.52. The van der Waals surface area contributed by atoms with Gasteiger partial charge in [0.1, 0.15) is 0 Å². The standard InChI is InChI=1S/C11H13F3N2O3/c1-8-9(3-2-4-10(8)16(17)18)7-15-5-6-19-11(12,13)14/h2-4,15H,5-7H2,1H3. The zero-order valence-electron chi connectivity index (χ0n) is 10.2. The lowest BCUT2D eigenvalue weighted by molar-refractivity contribution is -0.385. The van der Waals surface area contributed by atoms with Crippen LogP contribution in [0.15, 0.2) is 18.2 Å². The van der Waals surface area contributed by atoms with Crippen molar-refractivity contribution in [1.82, 2.24) is 5.32 Å². The highest BCUT2D eigenvalue weighted by atomic mass is 19.4. The molecule has 1 aromatic rings. The molecule has 0 heterocycles. The summed E-state index contributed by atoms with van der Waals surface area (Å²) in [6.07, 6.45) is -4.64. The van der Waals surface area contributed by atoms with Crippen LogP contribution in [0.25, 0.3) is 0 Å². The third-order valence-electron chi connectivity index (χ3n) is 2.47. The Bertz CT molecular complexity index is 449. The molecule has 8 heteroatoms. The van der Waals surface area contributed by atoms with Gasteiger partial charge in [-0.25, -0.2) is 0 Å². The largest absolute Gasteiger partial charge is 0.522 e. The zero-order valence-corrected chi connectivity index (χ0v) is 10.2. The summed E-state index contributed by atoms with van der Waals surface area (Å²) in [5.74, 6) is 0. The van der Waals surface area contributed by atoms with Gasteiger partial charge in [0.25, 0.3) is 5.69 Å². The minimum atomic E-state index is -4.64. The summed E-state index contributed by atoms with van der Waals surface area (Å²) in [4.78, 5) is 10.2. The number of alkyl halides is 3. The van der Waals surface area contributed by atoms with E-state index in [0.717, 1.165) is 0 Å². The van der Waals surface area contributed by atoms with E-state index in [2.05, 4.69) is 10.1 Å². The van der Waals surface area contributed by atoms with Crippen LogP contribution in [0.2, 0.25) is 0 Å². The van der Waals surface area contributed by atoms with Crippen molar-refractivity contribution in [2.24, 2.45) is 0 Å². The molecule has 0 spiro atoms. The Kier molecular flexibility index (Phi) is 5.25. The molecular weight excluding hydrogens is 265 g/mol. The van der Waals surface area contributed by atoms with E-state index in [4.69, 9.17) is 0 Å². The number of hydrogen-bond donors (Lipinski definition) is 1. The minimum absolute atomic E-state index is 0.00163. The highest BCUT2D eigenvalue weighted by Gasteiger charge is 2.28. The number of nitro benzene ring substituents is 1. The first kappa shape index (κ1) is 15.4. The van der Waals surface area contributed by atoms with Crippen molar-refractivity contribution >= 4 is 5.69 Å². The molecule has 0 aromatic heterocycles. The number of benzene rings is 1. The number of nitrogens with zero attached hydrogens (tertiary/aromatic N) is 1. The number of hydrogen-bond acceptors (Lipinski definition) is 4. The summed E-state index contributed by atoms with van der Waals surface area (Å²) in [6.45, 7) is 1.34. The molecule has 1 N–H and O–H groups in total. The van der Waals surface area contributed by atoms with Gasteiger partial charge in [-0.2, -0.15) is 0 Å². The van der Waals surface area contributed by atoms with Crippen molar-refractivity contribution in [3.05, 3.63) is 39.4 Å². The Morgan fingerprint density at radius 3 is 2.68 bits per heavy atom. The Balaban J connectivity index is 2.46. The van der Waals surface area contributed by atoms with Crippen molar-refractivity contribution in [2.75, 3.05) is 13.2 Å². The molecule has 0 aliphatic heterocycles. The molecule has 19 heavy (non-hydrogen) atoms. The van der Waals surface area contributed by atoms with E-state index >= 15 is 0 Å². The summed E-state index contributed by atoms with van der Waals surface area (Å²) >= 11 is 0. The Labute approximate surface area is 107 Å². The van der Waals surface area contributed by atoms with Crippen LogP contribution in [0.4, 0.5) is 18.9 Å². The zero-order chi connectivity index (χ0) is 14.5. The number of nitro groups is 1. The van der Waals surface area contributed by atoms with Gasteiger partial charge in [0.15, 0.2) is 0 Å². The molecule has 5 nitrogen and oxygen atoms in total. The molecule has 0 saturated heterocycles. The van der Waals surface area contributed by atoms with Crippen LogP contribution < -0.4 is 5.32 Å². The fraction of sp³-hybridized carbons (Fsp3) is 0.455. The molecule has 0 amide bonds. The molecule has 1 aromatic carbocycles. The van der Waals surface area contributed by atoms with Gasteiger partial charge in [-0.3, -0.25) is 14.9 Å². The quantitative estimate of drug-likeness (QED) is 0.493. The van der Waals surface area contributed by atoms with E-state index < -0.39 is 17.9 Å². The summed E-state index contributed by atoms with van der Waals surface area (Å²) in [7, 11) is 0. The molecule has 0 atom stereocenters. The summed E-state index contributed by atoms with van der Waals surface area (Å²) in [5.41, 5.74) is 1.16. The molecular formula is C11H13F3N2O3. The van der Waals surface area contributed by atoms with Crippen LogP contribution in [0.1, 0.15) is 11.1 Å². The van der Waals surface area contributed by atoms with E-state index in [-0.39, 0.29) is 18.8 Å². The summed E-state index contributed by atoms with van der Waals surface area (Å²) in [6, 6.07) is 4.60. The predicted octanol–water partition coefficient (Wildman–Crippen LogP) is 2.53. The van der Waals surface area contributed by atoms with Crippen LogP contribution >= 0.6 is 0 Å². The van der Waals surface area contributed by atoms with Gasteiger partial charge in [0.2, 0.25) is 0 Å². The van der Waals surface area contributed by atoms with Crippen molar-refractivity contribution < 1.29 is 22.8 Å². The molecule has 106 valence electrons. The number of nitrogens with one attached hydrogen (secondary N) is 1. The first-order chi connectivity index (χ1) is 8.81. The molecule has 0 unspecified atom stereocenters. The maximum absolute atomic E-state index is 11.7. The van der Waals surface area contributed by atoms with E-state index in [1.807, 2.05) is 0 Å². The van der Waals surface area contributed by atoms with Gasteiger partial charge in [0, 0.05) is 24.7 Å².